The van der Waals surface area contributed by atoms with Gasteiger partial charge in [-0.15, -0.1) is 0 Å². The van der Waals surface area contributed by atoms with E-state index in [1.54, 1.807) is 11.9 Å². The Morgan fingerprint density at radius 3 is 2.95 bits per heavy atom. The minimum atomic E-state index is -0.144. The van der Waals surface area contributed by atoms with E-state index in [0.29, 0.717) is 12.2 Å². The molecule has 1 aromatic rings. The first-order valence-electron chi connectivity index (χ1n) is 6.27. The molecule has 1 aliphatic heterocycles. The van der Waals surface area contributed by atoms with Gasteiger partial charge in [0.2, 0.25) is 5.91 Å². The second-order valence-electron chi connectivity index (χ2n) is 4.61. The van der Waals surface area contributed by atoms with Crippen molar-refractivity contribution in [2.24, 2.45) is 0 Å². The zero-order chi connectivity index (χ0) is 14.7. The molecule has 1 unspecified atom stereocenters. The number of alkyl halides is 1. The number of rotatable bonds is 3. The second kappa shape index (κ2) is 6.10. The smallest absolute Gasteiger partial charge is 0.240 e. The summed E-state index contributed by atoms with van der Waals surface area (Å²) in [4.78, 5) is 13.5. The summed E-state index contributed by atoms with van der Waals surface area (Å²) in [6.45, 7) is 2.00. The molecular weight excluding hydrogens is 320 g/mol. The van der Waals surface area contributed by atoms with Crippen molar-refractivity contribution < 1.29 is 9.53 Å². The molecule has 1 aromatic carbocycles. The maximum atomic E-state index is 12.0. The monoisotopic (exact) mass is 334 g/mol. The van der Waals surface area contributed by atoms with Crippen LogP contribution in [0.2, 0.25) is 0 Å². The molecule has 0 saturated heterocycles. The average Bonchev–Trinajstić information content (AvgIpc) is 2.44. The van der Waals surface area contributed by atoms with Crippen LogP contribution in [0.25, 0.3) is 5.70 Å². The van der Waals surface area contributed by atoms with Crippen LogP contribution in [0.15, 0.2) is 24.3 Å². The van der Waals surface area contributed by atoms with E-state index in [9.17, 15) is 4.79 Å². The number of carbonyl (C=O) groups excluding carboxylic acids is 1. The van der Waals surface area contributed by atoms with Crippen LogP contribution in [0.3, 0.4) is 0 Å². The Bertz CT molecular complexity index is 604. The number of hydrogen-bond acceptors (Lipinski definition) is 3. The highest BCUT2D eigenvalue weighted by molar-refractivity contribution is 9.10. The minimum absolute atomic E-state index is 0.0329. The Hall–Kier alpha value is -1.80. The zero-order valence-electron chi connectivity index (χ0n) is 11.4. The van der Waals surface area contributed by atoms with E-state index in [4.69, 9.17) is 10.00 Å². The van der Waals surface area contributed by atoms with Crippen molar-refractivity contribution in [3.05, 3.63) is 35.4 Å². The maximum absolute atomic E-state index is 12.0. The van der Waals surface area contributed by atoms with E-state index in [2.05, 4.69) is 22.0 Å². The average molecular weight is 335 g/mol. The summed E-state index contributed by atoms with van der Waals surface area (Å²) in [5.41, 5.74) is 2.93. The first-order valence-corrected chi connectivity index (χ1v) is 7.18. The molecule has 1 aliphatic rings. The van der Waals surface area contributed by atoms with Crippen LogP contribution in [-0.4, -0.2) is 29.3 Å². The number of nitriles is 1. The van der Waals surface area contributed by atoms with E-state index < -0.39 is 0 Å². The van der Waals surface area contributed by atoms with Crippen LogP contribution < -0.4 is 4.74 Å². The highest BCUT2D eigenvalue weighted by atomic mass is 79.9. The Labute approximate surface area is 126 Å². The van der Waals surface area contributed by atoms with Crippen LogP contribution in [0, 0.1) is 18.3 Å². The van der Waals surface area contributed by atoms with Crippen LogP contribution >= 0.6 is 15.9 Å². The molecule has 5 heteroatoms. The second-order valence-corrected chi connectivity index (χ2v) is 5.72. The molecule has 0 N–H and O–H groups in total. The van der Waals surface area contributed by atoms with Crippen LogP contribution in [0.4, 0.5) is 0 Å². The molecule has 1 heterocycles. The summed E-state index contributed by atoms with van der Waals surface area (Å²) in [5.74, 6) is 0.725. The maximum Gasteiger partial charge on any atom is 0.240 e. The third kappa shape index (κ3) is 2.86. The Morgan fingerprint density at radius 2 is 2.30 bits per heavy atom. The van der Waals surface area contributed by atoms with Gasteiger partial charge >= 0.3 is 0 Å². The van der Waals surface area contributed by atoms with Crippen molar-refractivity contribution in [2.75, 3.05) is 13.7 Å². The molecule has 4 nitrogen and oxygen atoms in total. The first-order chi connectivity index (χ1) is 9.54. The molecule has 1 amide bonds. The normalized spacial score (nSPS) is 18.5. The number of halogens is 1. The Morgan fingerprint density at radius 1 is 1.55 bits per heavy atom. The van der Waals surface area contributed by atoms with Crippen molar-refractivity contribution in [1.29, 1.82) is 5.26 Å². The van der Waals surface area contributed by atoms with E-state index >= 15 is 0 Å². The van der Waals surface area contributed by atoms with Crippen LogP contribution in [0.5, 0.6) is 5.75 Å². The molecule has 20 heavy (non-hydrogen) atoms. The van der Waals surface area contributed by atoms with Crippen molar-refractivity contribution in [3.8, 4) is 11.8 Å². The molecule has 0 aliphatic carbocycles. The lowest BCUT2D eigenvalue weighted by molar-refractivity contribution is -0.126. The SMILES string of the molecule is Cc1cc(OCC#N)ccc1C1=CCC(Br)C(=O)N1C. The highest BCUT2D eigenvalue weighted by Gasteiger charge is 2.26. The van der Waals surface area contributed by atoms with E-state index in [1.165, 1.54) is 0 Å². The summed E-state index contributed by atoms with van der Waals surface area (Å²) in [6, 6.07) is 7.56. The number of allylic oxidation sites excluding steroid dienone is 1. The summed E-state index contributed by atoms with van der Waals surface area (Å²) in [7, 11) is 1.78. The lowest BCUT2D eigenvalue weighted by Crippen LogP contribution is -2.35. The molecule has 0 radical (unpaired) electrons. The molecule has 2 rings (SSSR count). The van der Waals surface area contributed by atoms with Crippen molar-refractivity contribution in [1.82, 2.24) is 4.90 Å². The summed E-state index contributed by atoms with van der Waals surface area (Å²) < 4.78 is 5.27. The number of ether oxygens (including phenoxy) is 1. The number of nitrogens with zero attached hydrogens (tertiary/aromatic N) is 2. The van der Waals surface area contributed by atoms with Crippen LogP contribution in [0.1, 0.15) is 17.5 Å². The van der Waals surface area contributed by atoms with E-state index in [0.717, 1.165) is 16.8 Å². The molecule has 1 atom stereocenters. The van der Waals surface area contributed by atoms with Crippen molar-refractivity contribution in [3.63, 3.8) is 0 Å². The van der Waals surface area contributed by atoms with Gasteiger partial charge in [-0.05, 0) is 37.1 Å². The predicted octanol–water partition coefficient (Wildman–Crippen LogP) is 2.86. The Balaban J connectivity index is 2.30. The highest BCUT2D eigenvalue weighted by Crippen LogP contribution is 2.30. The first kappa shape index (κ1) is 14.6. The zero-order valence-corrected chi connectivity index (χ0v) is 13.0. The fraction of sp³-hybridized carbons (Fsp3) is 0.333. The van der Waals surface area contributed by atoms with Gasteiger partial charge in [-0.25, -0.2) is 0 Å². The summed E-state index contributed by atoms with van der Waals surface area (Å²) in [5, 5.41) is 8.51. The number of amides is 1. The standard InChI is InChI=1S/C15H15BrN2O2/c1-10-9-11(20-8-7-17)3-4-12(10)14-6-5-13(16)15(19)18(14)2/h3-4,6,9,13H,5,8H2,1-2H3. The minimum Gasteiger partial charge on any atom is -0.479 e. The van der Waals surface area contributed by atoms with Crippen molar-refractivity contribution in [2.45, 2.75) is 18.2 Å². The van der Waals surface area contributed by atoms with Gasteiger partial charge in [0, 0.05) is 18.3 Å². The van der Waals surface area contributed by atoms with Gasteiger partial charge in [-0.1, -0.05) is 22.0 Å². The van der Waals surface area contributed by atoms with Gasteiger partial charge in [-0.2, -0.15) is 5.26 Å². The van der Waals surface area contributed by atoms with Crippen LogP contribution in [-0.2, 0) is 4.79 Å². The Kier molecular flexibility index (Phi) is 4.46. The number of benzene rings is 1. The van der Waals surface area contributed by atoms with Crippen molar-refractivity contribution >= 4 is 27.5 Å². The lowest BCUT2D eigenvalue weighted by atomic mass is 10.0. The van der Waals surface area contributed by atoms with Gasteiger partial charge in [0.15, 0.2) is 6.61 Å². The number of aryl methyl sites for hydroxylation is 1. The molecule has 0 spiro atoms. The molecule has 0 aromatic heterocycles. The largest absolute Gasteiger partial charge is 0.479 e. The topological polar surface area (TPSA) is 53.3 Å². The predicted molar refractivity (Wildman–Crippen MR) is 80.4 cm³/mol. The van der Waals surface area contributed by atoms with Gasteiger partial charge in [0.05, 0.1) is 4.83 Å². The van der Waals surface area contributed by atoms with E-state index in [1.807, 2.05) is 31.2 Å². The third-order valence-corrected chi connectivity index (χ3v) is 4.02. The van der Waals surface area contributed by atoms with E-state index in [-0.39, 0.29) is 17.3 Å². The third-order valence-electron chi connectivity index (χ3n) is 3.26. The van der Waals surface area contributed by atoms with Gasteiger partial charge in [0.25, 0.3) is 0 Å². The lowest BCUT2D eigenvalue weighted by Gasteiger charge is -2.28. The van der Waals surface area contributed by atoms with Gasteiger partial charge < -0.3 is 9.64 Å². The number of carbonyl (C=O) groups is 1. The number of hydrogen-bond donors (Lipinski definition) is 0. The molecular formula is C15H15BrN2O2. The molecule has 104 valence electrons. The summed E-state index contributed by atoms with van der Waals surface area (Å²) in [6.07, 6.45) is 2.74. The van der Waals surface area contributed by atoms with Gasteiger partial charge in [-0.3, -0.25) is 4.79 Å². The quantitative estimate of drug-likeness (QED) is 0.798. The van der Waals surface area contributed by atoms with Gasteiger partial charge in [0.1, 0.15) is 11.8 Å². The molecule has 0 fully saturated rings. The molecule has 0 bridgehead atoms. The fourth-order valence-electron chi connectivity index (χ4n) is 2.20. The molecule has 0 saturated carbocycles. The fourth-order valence-corrected chi connectivity index (χ4v) is 2.70. The summed E-state index contributed by atoms with van der Waals surface area (Å²) >= 11 is 3.37.